The molecule has 1 rings (SSSR count). The molecule has 0 saturated carbocycles. The van der Waals surface area contributed by atoms with Crippen molar-refractivity contribution < 1.29 is 13.5 Å². The highest BCUT2D eigenvalue weighted by molar-refractivity contribution is 9.11. The highest BCUT2D eigenvalue weighted by Crippen LogP contribution is 2.38. The molecule has 0 aliphatic rings. The lowest BCUT2D eigenvalue weighted by Gasteiger charge is -2.10. The Hall–Kier alpha value is 0.190. The first-order chi connectivity index (χ1) is 6.54. The summed E-state index contributed by atoms with van der Waals surface area (Å²) in [7, 11) is 0. The van der Waals surface area contributed by atoms with Gasteiger partial charge in [0.25, 0.3) is 0 Å². The van der Waals surface area contributed by atoms with Crippen LogP contribution < -0.4 is 4.74 Å². The van der Waals surface area contributed by atoms with E-state index in [1.165, 1.54) is 17.8 Å². The number of hydrogen-bond donors (Lipinski definition) is 0. The molecular weight excluding hydrogens is 342 g/mol. The van der Waals surface area contributed by atoms with Gasteiger partial charge in [0.1, 0.15) is 5.75 Å². The standard InChI is InChI=1S/C8H6Br2F2OS/c1-14-7-5(10)2-4(9)3-6(7)13-8(11)12/h2-3,8H,1H3. The maximum atomic E-state index is 12.0. The lowest BCUT2D eigenvalue weighted by Crippen LogP contribution is -2.03. The van der Waals surface area contributed by atoms with E-state index >= 15 is 0 Å². The van der Waals surface area contributed by atoms with Crippen molar-refractivity contribution in [1.82, 2.24) is 0 Å². The summed E-state index contributed by atoms with van der Waals surface area (Å²) in [5.41, 5.74) is 0. The Bertz CT molecular complexity index is 333. The molecular formula is C8H6Br2F2OS. The van der Waals surface area contributed by atoms with Crippen LogP contribution in [-0.4, -0.2) is 12.9 Å². The van der Waals surface area contributed by atoms with E-state index in [4.69, 9.17) is 0 Å². The third kappa shape index (κ3) is 3.10. The number of hydrogen-bond acceptors (Lipinski definition) is 2. The van der Waals surface area contributed by atoms with Gasteiger partial charge in [-0.05, 0) is 34.3 Å². The van der Waals surface area contributed by atoms with Crippen molar-refractivity contribution in [2.75, 3.05) is 6.26 Å². The third-order valence-electron chi connectivity index (χ3n) is 1.39. The van der Waals surface area contributed by atoms with Crippen LogP contribution in [0.3, 0.4) is 0 Å². The summed E-state index contributed by atoms with van der Waals surface area (Å²) in [6.45, 7) is -2.80. The van der Waals surface area contributed by atoms with Crippen molar-refractivity contribution in [2.45, 2.75) is 11.5 Å². The molecule has 0 aromatic heterocycles. The van der Waals surface area contributed by atoms with Crippen LogP contribution >= 0.6 is 43.6 Å². The molecule has 0 fully saturated rings. The largest absolute Gasteiger partial charge is 0.434 e. The Kier molecular flexibility index (Phi) is 4.66. The molecule has 0 unspecified atom stereocenters. The Balaban J connectivity index is 3.11. The van der Waals surface area contributed by atoms with Gasteiger partial charge in [0.2, 0.25) is 0 Å². The van der Waals surface area contributed by atoms with Crippen molar-refractivity contribution in [3.8, 4) is 5.75 Å². The molecule has 0 saturated heterocycles. The number of alkyl halides is 2. The average Bonchev–Trinajstić information content (AvgIpc) is 2.01. The number of ether oxygens (including phenoxy) is 1. The van der Waals surface area contributed by atoms with Crippen LogP contribution in [0, 0.1) is 0 Å². The molecule has 0 atom stereocenters. The van der Waals surface area contributed by atoms with Gasteiger partial charge in [0, 0.05) is 8.95 Å². The van der Waals surface area contributed by atoms with E-state index in [1.807, 2.05) is 0 Å². The van der Waals surface area contributed by atoms with E-state index < -0.39 is 6.61 Å². The summed E-state index contributed by atoms with van der Waals surface area (Å²) in [5, 5.41) is 0. The summed E-state index contributed by atoms with van der Waals surface area (Å²) in [6.07, 6.45) is 1.80. The van der Waals surface area contributed by atoms with Gasteiger partial charge in [-0.15, -0.1) is 11.8 Å². The SMILES string of the molecule is CSc1c(Br)cc(Br)cc1OC(F)F. The summed E-state index contributed by atoms with van der Waals surface area (Å²) < 4.78 is 29.9. The van der Waals surface area contributed by atoms with Crippen LogP contribution in [0.1, 0.15) is 0 Å². The fourth-order valence-electron chi connectivity index (χ4n) is 0.918. The lowest BCUT2D eigenvalue weighted by atomic mass is 10.3. The van der Waals surface area contributed by atoms with Gasteiger partial charge in [-0.2, -0.15) is 8.78 Å². The number of halogens is 4. The van der Waals surface area contributed by atoms with Crippen molar-refractivity contribution >= 4 is 43.6 Å². The average molecular weight is 348 g/mol. The minimum Gasteiger partial charge on any atom is -0.434 e. The van der Waals surface area contributed by atoms with E-state index in [2.05, 4.69) is 36.6 Å². The van der Waals surface area contributed by atoms with Crippen LogP contribution in [0.15, 0.2) is 26.0 Å². The molecule has 14 heavy (non-hydrogen) atoms. The predicted molar refractivity (Wildman–Crippen MR) is 60.3 cm³/mol. The molecule has 0 aliphatic carbocycles. The zero-order valence-corrected chi connectivity index (χ0v) is 11.0. The van der Waals surface area contributed by atoms with E-state index in [0.717, 1.165) is 4.47 Å². The molecule has 1 nitrogen and oxygen atoms in total. The van der Waals surface area contributed by atoms with E-state index in [9.17, 15) is 8.78 Å². The molecule has 0 heterocycles. The zero-order valence-electron chi connectivity index (χ0n) is 7.06. The third-order valence-corrected chi connectivity index (χ3v) is 3.57. The Morgan fingerprint density at radius 3 is 2.50 bits per heavy atom. The fourth-order valence-corrected chi connectivity index (χ4v) is 3.15. The van der Waals surface area contributed by atoms with E-state index in [1.54, 1.807) is 12.3 Å². The molecule has 0 spiro atoms. The molecule has 0 N–H and O–H groups in total. The van der Waals surface area contributed by atoms with Crippen LogP contribution in [0.25, 0.3) is 0 Å². The van der Waals surface area contributed by atoms with Gasteiger partial charge in [-0.3, -0.25) is 0 Å². The molecule has 0 radical (unpaired) electrons. The second kappa shape index (κ2) is 5.32. The van der Waals surface area contributed by atoms with Gasteiger partial charge < -0.3 is 4.74 Å². The summed E-state index contributed by atoms with van der Waals surface area (Å²) >= 11 is 7.82. The van der Waals surface area contributed by atoms with Crippen molar-refractivity contribution in [2.24, 2.45) is 0 Å². The van der Waals surface area contributed by atoms with Crippen LogP contribution in [0.4, 0.5) is 8.78 Å². The van der Waals surface area contributed by atoms with Gasteiger partial charge in [-0.1, -0.05) is 15.9 Å². The number of thioether (sulfide) groups is 1. The molecule has 6 heteroatoms. The predicted octanol–water partition coefficient (Wildman–Crippen LogP) is 4.53. The Morgan fingerprint density at radius 2 is 2.00 bits per heavy atom. The van der Waals surface area contributed by atoms with Crippen molar-refractivity contribution in [3.05, 3.63) is 21.1 Å². The zero-order chi connectivity index (χ0) is 10.7. The van der Waals surface area contributed by atoms with Crippen LogP contribution in [0.2, 0.25) is 0 Å². The smallest absolute Gasteiger partial charge is 0.387 e. The molecule has 1 aromatic carbocycles. The minimum absolute atomic E-state index is 0.175. The second-order valence-corrected chi connectivity index (χ2v) is 4.88. The van der Waals surface area contributed by atoms with E-state index in [-0.39, 0.29) is 5.75 Å². The molecule has 78 valence electrons. The summed E-state index contributed by atoms with van der Waals surface area (Å²) in [5.74, 6) is 0.175. The van der Waals surface area contributed by atoms with Crippen LogP contribution in [0.5, 0.6) is 5.75 Å². The Labute approximate surface area is 101 Å². The van der Waals surface area contributed by atoms with Crippen molar-refractivity contribution in [3.63, 3.8) is 0 Å². The topological polar surface area (TPSA) is 9.23 Å². The number of benzene rings is 1. The highest BCUT2D eigenvalue weighted by Gasteiger charge is 2.12. The van der Waals surface area contributed by atoms with E-state index in [0.29, 0.717) is 9.37 Å². The molecule has 0 amide bonds. The monoisotopic (exact) mass is 346 g/mol. The summed E-state index contributed by atoms with van der Waals surface area (Å²) in [4.78, 5) is 0.661. The highest BCUT2D eigenvalue weighted by atomic mass is 79.9. The normalized spacial score (nSPS) is 10.7. The van der Waals surface area contributed by atoms with Gasteiger partial charge in [-0.25, -0.2) is 0 Å². The van der Waals surface area contributed by atoms with Crippen LogP contribution in [-0.2, 0) is 0 Å². The maximum absolute atomic E-state index is 12.0. The first-order valence-corrected chi connectivity index (χ1v) is 6.33. The minimum atomic E-state index is -2.80. The number of rotatable bonds is 3. The summed E-state index contributed by atoms with van der Waals surface area (Å²) in [6, 6.07) is 3.30. The van der Waals surface area contributed by atoms with Gasteiger partial charge in [0.05, 0.1) is 4.90 Å². The van der Waals surface area contributed by atoms with Gasteiger partial charge >= 0.3 is 6.61 Å². The maximum Gasteiger partial charge on any atom is 0.387 e. The lowest BCUT2D eigenvalue weighted by molar-refractivity contribution is -0.0517. The first-order valence-electron chi connectivity index (χ1n) is 3.52. The van der Waals surface area contributed by atoms with Gasteiger partial charge in [0.15, 0.2) is 0 Å². The molecule has 0 bridgehead atoms. The quantitative estimate of drug-likeness (QED) is 0.742. The van der Waals surface area contributed by atoms with Crippen molar-refractivity contribution in [1.29, 1.82) is 0 Å². The molecule has 0 aliphatic heterocycles. The second-order valence-electron chi connectivity index (χ2n) is 2.30. The Morgan fingerprint density at radius 1 is 1.36 bits per heavy atom. The molecule has 1 aromatic rings. The fraction of sp³-hybridized carbons (Fsp3) is 0.250. The first kappa shape index (κ1) is 12.3.